The lowest BCUT2D eigenvalue weighted by Crippen LogP contribution is -2.43. The minimum Gasteiger partial charge on any atom is -0.378 e. The highest BCUT2D eigenvalue weighted by molar-refractivity contribution is 5.76. The van der Waals surface area contributed by atoms with Crippen LogP contribution in [0.1, 0.15) is 12.6 Å². The van der Waals surface area contributed by atoms with Gasteiger partial charge in [0, 0.05) is 31.7 Å². The monoisotopic (exact) mass is 274 g/mol. The van der Waals surface area contributed by atoms with Crippen LogP contribution in [0, 0.1) is 0 Å². The van der Waals surface area contributed by atoms with Crippen LogP contribution in [0.25, 0.3) is 6.08 Å². The number of rotatable bonds is 3. The molecule has 0 unspecified atom stereocenters. The number of aromatic nitrogens is 2. The Bertz CT molecular complexity index is 525. The number of carbonyl (C=O) groups is 1. The summed E-state index contributed by atoms with van der Waals surface area (Å²) in [4.78, 5) is 17.8. The van der Waals surface area contributed by atoms with Crippen molar-refractivity contribution in [1.82, 2.24) is 14.7 Å². The van der Waals surface area contributed by atoms with Gasteiger partial charge in [0.05, 0.1) is 18.9 Å². The van der Waals surface area contributed by atoms with Crippen LogP contribution in [-0.2, 0) is 4.74 Å². The van der Waals surface area contributed by atoms with Crippen molar-refractivity contribution in [3.05, 3.63) is 36.3 Å². The lowest BCUT2D eigenvalue weighted by molar-refractivity contribution is 0.0528. The fourth-order valence-electron chi connectivity index (χ4n) is 1.77. The van der Waals surface area contributed by atoms with Gasteiger partial charge in [-0.25, -0.2) is 4.79 Å². The van der Waals surface area contributed by atoms with Crippen LogP contribution < -0.4 is 0 Å². The Morgan fingerprint density at radius 3 is 2.95 bits per heavy atom. The van der Waals surface area contributed by atoms with Crippen LogP contribution in [0.15, 0.2) is 35.6 Å². The van der Waals surface area contributed by atoms with E-state index in [1.165, 1.54) is 4.68 Å². The summed E-state index contributed by atoms with van der Waals surface area (Å²) in [7, 11) is 0. The van der Waals surface area contributed by atoms with E-state index in [1.807, 2.05) is 25.2 Å². The third kappa shape index (κ3) is 3.89. The summed E-state index contributed by atoms with van der Waals surface area (Å²) in [5.74, 6) is 0. The van der Waals surface area contributed by atoms with E-state index in [2.05, 4.69) is 10.1 Å². The molecule has 6 nitrogen and oxygen atoms in total. The van der Waals surface area contributed by atoms with Crippen LogP contribution >= 0.6 is 0 Å². The molecule has 6 heteroatoms. The van der Waals surface area contributed by atoms with Gasteiger partial charge in [0.1, 0.15) is 0 Å². The lowest BCUT2D eigenvalue weighted by atomic mass is 10.4. The molecular formula is C14H18N4O2. The predicted molar refractivity (Wildman–Crippen MR) is 77.8 cm³/mol. The summed E-state index contributed by atoms with van der Waals surface area (Å²) in [6, 6.07) is 1.69. The SMILES string of the molecule is C\C=N/C=C\C=C\c1ccn(C(=O)N2CCOCC2)n1. The molecule has 1 aromatic heterocycles. The van der Waals surface area contributed by atoms with E-state index in [0.717, 1.165) is 5.69 Å². The van der Waals surface area contributed by atoms with Crippen molar-refractivity contribution in [2.45, 2.75) is 6.92 Å². The third-order valence-corrected chi connectivity index (χ3v) is 2.79. The zero-order valence-electron chi connectivity index (χ0n) is 11.5. The van der Waals surface area contributed by atoms with Crippen LogP contribution in [0.3, 0.4) is 0 Å². The number of carbonyl (C=O) groups excluding carboxylic acids is 1. The Labute approximate surface area is 118 Å². The van der Waals surface area contributed by atoms with E-state index in [1.54, 1.807) is 29.6 Å². The number of allylic oxidation sites excluding steroid dienone is 2. The van der Waals surface area contributed by atoms with Crippen molar-refractivity contribution in [3.8, 4) is 0 Å². The number of aliphatic imine (C=N–C) groups is 1. The molecule has 2 rings (SSSR count). The van der Waals surface area contributed by atoms with Gasteiger partial charge in [-0.1, -0.05) is 6.08 Å². The van der Waals surface area contributed by atoms with E-state index in [-0.39, 0.29) is 6.03 Å². The van der Waals surface area contributed by atoms with Gasteiger partial charge in [-0.15, -0.1) is 0 Å². The fraction of sp³-hybridized carbons (Fsp3) is 0.357. The van der Waals surface area contributed by atoms with E-state index < -0.39 is 0 Å². The summed E-state index contributed by atoms with van der Waals surface area (Å²) in [5, 5.41) is 4.23. The molecule has 0 bridgehead atoms. The first-order valence-corrected chi connectivity index (χ1v) is 6.55. The van der Waals surface area contributed by atoms with E-state index in [4.69, 9.17) is 4.74 Å². The average Bonchev–Trinajstić information content (AvgIpc) is 2.96. The lowest BCUT2D eigenvalue weighted by Gasteiger charge is -2.26. The molecule has 20 heavy (non-hydrogen) atoms. The summed E-state index contributed by atoms with van der Waals surface area (Å²) in [6.07, 6.45) is 10.5. The Balaban J connectivity index is 1.95. The molecule has 0 spiro atoms. The molecule has 0 aromatic carbocycles. The van der Waals surface area contributed by atoms with E-state index in [9.17, 15) is 4.79 Å². The number of morpholine rings is 1. The molecule has 1 saturated heterocycles. The number of nitrogens with zero attached hydrogens (tertiary/aromatic N) is 4. The van der Waals surface area contributed by atoms with Crippen LogP contribution in [0.5, 0.6) is 0 Å². The maximum atomic E-state index is 12.1. The summed E-state index contributed by atoms with van der Waals surface area (Å²) in [6.45, 7) is 4.25. The molecule has 1 aliphatic rings. The number of hydrogen-bond donors (Lipinski definition) is 0. The molecule has 2 heterocycles. The Morgan fingerprint density at radius 1 is 1.40 bits per heavy atom. The number of hydrogen-bond acceptors (Lipinski definition) is 4. The van der Waals surface area contributed by atoms with Gasteiger partial charge >= 0.3 is 6.03 Å². The Morgan fingerprint density at radius 2 is 2.20 bits per heavy atom. The van der Waals surface area contributed by atoms with Gasteiger partial charge in [-0.2, -0.15) is 9.78 Å². The minimum atomic E-state index is -0.112. The van der Waals surface area contributed by atoms with Gasteiger partial charge in [-0.3, -0.25) is 4.99 Å². The summed E-state index contributed by atoms with van der Waals surface area (Å²) in [5.41, 5.74) is 0.733. The molecule has 1 fully saturated rings. The molecule has 0 aliphatic carbocycles. The van der Waals surface area contributed by atoms with Crippen LogP contribution in [-0.4, -0.2) is 53.2 Å². The second-order valence-electron chi connectivity index (χ2n) is 4.18. The van der Waals surface area contributed by atoms with Crippen molar-refractivity contribution in [1.29, 1.82) is 0 Å². The fourth-order valence-corrected chi connectivity index (χ4v) is 1.77. The molecule has 0 atom stereocenters. The molecule has 1 aliphatic heterocycles. The average molecular weight is 274 g/mol. The molecule has 0 N–H and O–H groups in total. The molecule has 0 radical (unpaired) electrons. The predicted octanol–water partition coefficient (Wildman–Crippen LogP) is 1.80. The highest BCUT2D eigenvalue weighted by Crippen LogP contribution is 2.04. The van der Waals surface area contributed by atoms with Crippen LogP contribution in [0.4, 0.5) is 4.79 Å². The smallest absolute Gasteiger partial charge is 0.344 e. The van der Waals surface area contributed by atoms with Gasteiger partial charge in [0.25, 0.3) is 0 Å². The van der Waals surface area contributed by atoms with E-state index in [0.29, 0.717) is 26.3 Å². The van der Waals surface area contributed by atoms with Crippen molar-refractivity contribution < 1.29 is 9.53 Å². The zero-order valence-corrected chi connectivity index (χ0v) is 11.5. The van der Waals surface area contributed by atoms with Crippen molar-refractivity contribution in [2.75, 3.05) is 26.3 Å². The second-order valence-corrected chi connectivity index (χ2v) is 4.18. The van der Waals surface area contributed by atoms with Crippen molar-refractivity contribution >= 4 is 18.3 Å². The summed E-state index contributed by atoms with van der Waals surface area (Å²) >= 11 is 0. The van der Waals surface area contributed by atoms with E-state index >= 15 is 0 Å². The first kappa shape index (κ1) is 14.2. The van der Waals surface area contributed by atoms with Crippen molar-refractivity contribution in [3.63, 3.8) is 0 Å². The highest BCUT2D eigenvalue weighted by atomic mass is 16.5. The molecule has 1 amide bonds. The quantitative estimate of drug-likeness (QED) is 0.624. The standard InChI is InChI=1S/C14H18N4O2/c1-2-15-7-4-3-5-13-6-8-18(16-13)14(19)17-9-11-20-12-10-17/h2-8H,9-12H2,1H3/b5-3+,7-4-,15-2-. The number of ether oxygens (including phenoxy) is 1. The van der Waals surface area contributed by atoms with Gasteiger partial charge < -0.3 is 9.64 Å². The first-order chi connectivity index (χ1) is 9.81. The van der Waals surface area contributed by atoms with Gasteiger partial charge in [0.15, 0.2) is 0 Å². The normalized spacial score (nSPS) is 16.8. The van der Waals surface area contributed by atoms with Crippen molar-refractivity contribution in [2.24, 2.45) is 4.99 Å². The zero-order chi connectivity index (χ0) is 14.2. The maximum Gasteiger partial charge on any atom is 0.344 e. The topological polar surface area (TPSA) is 59.7 Å². The van der Waals surface area contributed by atoms with Gasteiger partial charge in [0.2, 0.25) is 0 Å². The Hall–Kier alpha value is -2.21. The first-order valence-electron chi connectivity index (χ1n) is 6.55. The second kappa shape index (κ2) is 7.40. The molecule has 106 valence electrons. The molecular weight excluding hydrogens is 256 g/mol. The number of amides is 1. The highest BCUT2D eigenvalue weighted by Gasteiger charge is 2.18. The Kier molecular flexibility index (Phi) is 5.25. The third-order valence-electron chi connectivity index (χ3n) is 2.79. The maximum absolute atomic E-state index is 12.1. The molecule has 0 saturated carbocycles. The molecule has 1 aromatic rings. The van der Waals surface area contributed by atoms with Crippen LogP contribution in [0.2, 0.25) is 0 Å². The van der Waals surface area contributed by atoms with Gasteiger partial charge in [-0.05, 0) is 25.1 Å². The summed E-state index contributed by atoms with van der Waals surface area (Å²) < 4.78 is 6.58. The minimum absolute atomic E-state index is 0.112. The largest absolute Gasteiger partial charge is 0.378 e.